The molecule has 1 rings (SSSR count). The van der Waals surface area contributed by atoms with Gasteiger partial charge in [-0.2, -0.15) is 5.26 Å². The van der Waals surface area contributed by atoms with Crippen LogP contribution in [0.5, 0.6) is 0 Å². The van der Waals surface area contributed by atoms with Crippen molar-refractivity contribution in [3.8, 4) is 6.07 Å². The lowest BCUT2D eigenvalue weighted by molar-refractivity contribution is 0.580. The average Bonchev–Trinajstić information content (AvgIpc) is 2.28. The molecule has 6 heteroatoms. The molecule has 0 aliphatic rings. The van der Waals surface area contributed by atoms with Crippen molar-refractivity contribution in [3.63, 3.8) is 0 Å². The topological polar surface area (TPSA) is 70.0 Å². The Morgan fingerprint density at radius 2 is 2.18 bits per heavy atom. The van der Waals surface area contributed by atoms with Gasteiger partial charge in [0.25, 0.3) is 0 Å². The normalized spacial score (nSPS) is 11.1. The van der Waals surface area contributed by atoms with Crippen molar-refractivity contribution >= 4 is 32.6 Å². The minimum atomic E-state index is -3.45. The highest BCUT2D eigenvalue weighted by atomic mass is 127. The Bertz CT molecular complexity index is 535. The van der Waals surface area contributed by atoms with E-state index in [1.54, 1.807) is 13.0 Å². The summed E-state index contributed by atoms with van der Waals surface area (Å²) in [7, 11) is -3.45. The van der Waals surface area contributed by atoms with Gasteiger partial charge in [-0.3, -0.25) is 0 Å². The molecule has 1 aromatic rings. The number of benzene rings is 1. The standard InChI is InChI=1S/C11H13IN2O2S/c1-9-7-10(8-13)3-4-11(9)17(15,16)14-6-2-5-12/h3-4,7,14H,2,5-6H2,1H3. The first-order chi connectivity index (χ1) is 8.01. The maximum atomic E-state index is 11.9. The quantitative estimate of drug-likeness (QED) is 0.493. The Labute approximate surface area is 115 Å². The third-order valence-corrected chi connectivity index (χ3v) is 4.58. The average molecular weight is 364 g/mol. The van der Waals surface area contributed by atoms with Crippen LogP contribution in [-0.2, 0) is 10.0 Å². The van der Waals surface area contributed by atoms with Crippen LogP contribution in [0, 0.1) is 18.3 Å². The number of hydrogen-bond acceptors (Lipinski definition) is 3. The molecule has 0 saturated heterocycles. The summed E-state index contributed by atoms with van der Waals surface area (Å²) < 4.78 is 27.3. The molecule has 0 aliphatic carbocycles. The van der Waals surface area contributed by atoms with Gasteiger partial charge in [0.1, 0.15) is 0 Å². The molecule has 0 atom stereocenters. The highest BCUT2D eigenvalue weighted by molar-refractivity contribution is 14.1. The summed E-state index contributed by atoms with van der Waals surface area (Å²) in [5.41, 5.74) is 1.06. The van der Waals surface area contributed by atoms with Crippen molar-refractivity contribution < 1.29 is 8.42 Å². The molecule has 0 amide bonds. The van der Waals surface area contributed by atoms with Gasteiger partial charge in [-0.05, 0) is 37.1 Å². The van der Waals surface area contributed by atoms with Crippen molar-refractivity contribution in [2.75, 3.05) is 11.0 Å². The first-order valence-corrected chi connectivity index (χ1v) is 8.08. The van der Waals surface area contributed by atoms with Gasteiger partial charge < -0.3 is 0 Å². The van der Waals surface area contributed by atoms with E-state index in [9.17, 15) is 8.42 Å². The van der Waals surface area contributed by atoms with Crippen molar-refractivity contribution in [1.29, 1.82) is 5.26 Å². The van der Waals surface area contributed by atoms with Crippen LogP contribution in [0.25, 0.3) is 0 Å². The van der Waals surface area contributed by atoms with E-state index >= 15 is 0 Å². The van der Waals surface area contributed by atoms with E-state index < -0.39 is 10.0 Å². The van der Waals surface area contributed by atoms with E-state index in [4.69, 9.17) is 5.26 Å². The lowest BCUT2D eigenvalue weighted by Crippen LogP contribution is -2.25. The third kappa shape index (κ3) is 3.94. The minimum Gasteiger partial charge on any atom is -0.211 e. The zero-order valence-corrected chi connectivity index (χ0v) is 12.4. The van der Waals surface area contributed by atoms with Crippen LogP contribution in [0.15, 0.2) is 23.1 Å². The van der Waals surface area contributed by atoms with Gasteiger partial charge in [0, 0.05) is 11.0 Å². The van der Waals surface area contributed by atoms with Gasteiger partial charge >= 0.3 is 0 Å². The molecule has 4 nitrogen and oxygen atoms in total. The Kier molecular flexibility index (Phi) is 5.36. The Hall–Kier alpha value is -0.650. The Balaban J connectivity index is 2.96. The second-order valence-electron chi connectivity index (χ2n) is 3.53. The highest BCUT2D eigenvalue weighted by Gasteiger charge is 2.15. The SMILES string of the molecule is Cc1cc(C#N)ccc1S(=O)(=O)NCCCI. The first-order valence-electron chi connectivity index (χ1n) is 5.07. The lowest BCUT2D eigenvalue weighted by Gasteiger charge is -2.08. The zero-order chi connectivity index (χ0) is 12.9. The summed E-state index contributed by atoms with van der Waals surface area (Å²) >= 11 is 2.20. The summed E-state index contributed by atoms with van der Waals surface area (Å²) in [5.74, 6) is 0. The van der Waals surface area contributed by atoms with Crippen molar-refractivity contribution in [1.82, 2.24) is 4.72 Å². The second-order valence-corrected chi connectivity index (χ2v) is 6.35. The van der Waals surface area contributed by atoms with Gasteiger partial charge in [-0.1, -0.05) is 22.6 Å². The Morgan fingerprint density at radius 1 is 1.47 bits per heavy atom. The number of nitrogens with zero attached hydrogens (tertiary/aromatic N) is 1. The molecule has 92 valence electrons. The molecule has 0 saturated carbocycles. The summed E-state index contributed by atoms with van der Waals surface area (Å²) in [6.07, 6.45) is 0.801. The molecule has 0 aromatic heterocycles. The van der Waals surface area contributed by atoms with Gasteiger partial charge in [0.05, 0.1) is 16.5 Å². The predicted octanol–water partition coefficient (Wildman–Crippen LogP) is 1.97. The third-order valence-electron chi connectivity index (χ3n) is 2.20. The maximum absolute atomic E-state index is 11.9. The second kappa shape index (κ2) is 6.33. The highest BCUT2D eigenvalue weighted by Crippen LogP contribution is 2.16. The summed E-state index contributed by atoms with van der Waals surface area (Å²) in [6.45, 7) is 2.12. The number of rotatable bonds is 5. The number of hydrogen-bond donors (Lipinski definition) is 1. The molecule has 0 heterocycles. The van der Waals surface area contributed by atoms with Gasteiger partial charge in [0.15, 0.2) is 0 Å². The van der Waals surface area contributed by atoms with Crippen LogP contribution in [-0.4, -0.2) is 19.4 Å². The fourth-order valence-electron chi connectivity index (χ4n) is 1.37. The van der Waals surface area contributed by atoms with Crippen LogP contribution < -0.4 is 4.72 Å². The predicted molar refractivity (Wildman–Crippen MR) is 74.6 cm³/mol. The maximum Gasteiger partial charge on any atom is 0.240 e. The summed E-state index contributed by atoms with van der Waals surface area (Å²) in [6, 6.07) is 6.55. The van der Waals surface area contributed by atoms with E-state index in [0.29, 0.717) is 17.7 Å². The molecule has 0 bridgehead atoms. The molecule has 0 aliphatic heterocycles. The van der Waals surface area contributed by atoms with E-state index in [2.05, 4.69) is 27.3 Å². The molecule has 17 heavy (non-hydrogen) atoms. The smallest absolute Gasteiger partial charge is 0.211 e. The molecule has 1 aromatic carbocycles. The van der Waals surface area contributed by atoms with Gasteiger partial charge in [-0.25, -0.2) is 13.1 Å². The fourth-order valence-corrected chi connectivity index (χ4v) is 3.05. The first kappa shape index (κ1) is 14.4. The van der Waals surface area contributed by atoms with E-state index in [1.165, 1.54) is 12.1 Å². The number of halogens is 1. The Morgan fingerprint density at radius 3 is 2.71 bits per heavy atom. The monoisotopic (exact) mass is 364 g/mol. The number of alkyl halides is 1. The van der Waals surface area contributed by atoms with Crippen molar-refractivity contribution in [3.05, 3.63) is 29.3 Å². The molecule has 1 N–H and O–H groups in total. The van der Waals surface area contributed by atoms with E-state index in [-0.39, 0.29) is 4.90 Å². The van der Waals surface area contributed by atoms with Gasteiger partial charge in [0.2, 0.25) is 10.0 Å². The molecule has 0 spiro atoms. The van der Waals surface area contributed by atoms with Crippen LogP contribution in [0.3, 0.4) is 0 Å². The molecule has 0 unspecified atom stereocenters. The van der Waals surface area contributed by atoms with Crippen LogP contribution >= 0.6 is 22.6 Å². The largest absolute Gasteiger partial charge is 0.240 e. The molecular weight excluding hydrogens is 351 g/mol. The number of aryl methyl sites for hydroxylation is 1. The zero-order valence-electron chi connectivity index (χ0n) is 9.40. The van der Waals surface area contributed by atoms with Crippen molar-refractivity contribution in [2.45, 2.75) is 18.2 Å². The van der Waals surface area contributed by atoms with E-state index in [0.717, 1.165) is 10.8 Å². The molecular formula is C11H13IN2O2S. The summed E-state index contributed by atoms with van der Waals surface area (Å²) in [5, 5.41) is 8.71. The lowest BCUT2D eigenvalue weighted by atomic mass is 10.2. The summed E-state index contributed by atoms with van der Waals surface area (Å²) in [4.78, 5) is 0.241. The fraction of sp³-hybridized carbons (Fsp3) is 0.364. The van der Waals surface area contributed by atoms with Crippen LogP contribution in [0.1, 0.15) is 17.5 Å². The molecule has 0 radical (unpaired) electrons. The van der Waals surface area contributed by atoms with Crippen LogP contribution in [0.4, 0.5) is 0 Å². The minimum absolute atomic E-state index is 0.241. The number of nitrogens with one attached hydrogen (secondary N) is 1. The number of nitriles is 1. The van der Waals surface area contributed by atoms with Crippen LogP contribution in [0.2, 0.25) is 0 Å². The molecule has 0 fully saturated rings. The van der Waals surface area contributed by atoms with Crippen molar-refractivity contribution in [2.24, 2.45) is 0 Å². The van der Waals surface area contributed by atoms with Gasteiger partial charge in [-0.15, -0.1) is 0 Å². The van der Waals surface area contributed by atoms with E-state index in [1.807, 2.05) is 6.07 Å². The number of sulfonamides is 1.